The van der Waals surface area contributed by atoms with E-state index in [2.05, 4.69) is 15.1 Å². The average Bonchev–Trinajstić information content (AvgIpc) is 3.01. The van der Waals surface area contributed by atoms with E-state index in [1.165, 1.54) is 58.2 Å². The minimum atomic E-state index is -0.149. The van der Waals surface area contributed by atoms with Gasteiger partial charge in [-0.05, 0) is 82.8 Å². The third kappa shape index (κ3) is 7.32. The van der Waals surface area contributed by atoms with Gasteiger partial charge < -0.3 is 15.1 Å². The highest BCUT2D eigenvalue weighted by Crippen LogP contribution is 2.21. The van der Waals surface area contributed by atoms with Crippen LogP contribution in [0.15, 0.2) is 18.2 Å². The van der Waals surface area contributed by atoms with Gasteiger partial charge in [-0.15, -0.1) is 0 Å². The van der Waals surface area contributed by atoms with Crippen LogP contribution in [0.1, 0.15) is 49.7 Å². The number of likely N-dealkylation sites (tertiary alicyclic amines) is 2. The van der Waals surface area contributed by atoms with Crippen LogP contribution in [0, 0.1) is 19.8 Å². The van der Waals surface area contributed by atoms with E-state index in [0.29, 0.717) is 6.54 Å². The van der Waals surface area contributed by atoms with Crippen LogP contribution < -0.4 is 5.32 Å². The Kier molecular flexibility index (Phi) is 8.90. The number of rotatable bonds is 7. The van der Waals surface area contributed by atoms with Crippen LogP contribution in [0.25, 0.3) is 0 Å². The molecule has 1 aromatic carbocycles. The Labute approximate surface area is 188 Å². The summed E-state index contributed by atoms with van der Waals surface area (Å²) in [7, 11) is 1.72. The number of hydrogen-bond donors (Lipinski definition) is 1. The molecule has 2 aliphatic rings. The minimum Gasteiger partial charge on any atom is -0.335 e. The average molecular weight is 429 g/mol. The zero-order valence-corrected chi connectivity index (χ0v) is 19.7. The fraction of sp³-hybridized carbons (Fsp3) is 0.680. The molecule has 0 radical (unpaired) electrons. The van der Waals surface area contributed by atoms with Crippen molar-refractivity contribution < 1.29 is 9.59 Å². The summed E-state index contributed by atoms with van der Waals surface area (Å²) in [6.45, 7) is 10.1. The van der Waals surface area contributed by atoms with E-state index in [1.807, 2.05) is 32.0 Å². The fourth-order valence-electron chi connectivity index (χ4n) is 4.82. The zero-order chi connectivity index (χ0) is 22.2. The number of nitrogens with one attached hydrogen (secondary N) is 1. The maximum Gasteiger partial charge on any atom is 0.243 e. The molecule has 0 spiro atoms. The Bertz CT molecular complexity index is 715. The fourth-order valence-corrected chi connectivity index (χ4v) is 4.82. The molecule has 0 aliphatic carbocycles. The number of hydrogen-bond acceptors (Lipinski definition) is 4. The summed E-state index contributed by atoms with van der Waals surface area (Å²) in [5, 5.41) is 2.97. The van der Waals surface area contributed by atoms with Gasteiger partial charge in [0, 0.05) is 19.3 Å². The molecule has 172 valence electrons. The number of carbonyl (C=O) groups excluding carboxylic acids is 2. The molecule has 31 heavy (non-hydrogen) atoms. The Hall–Kier alpha value is -1.92. The maximum absolute atomic E-state index is 12.7. The Morgan fingerprint density at radius 2 is 1.58 bits per heavy atom. The smallest absolute Gasteiger partial charge is 0.243 e. The molecule has 2 amide bonds. The van der Waals surface area contributed by atoms with Crippen molar-refractivity contribution in [2.75, 3.05) is 58.2 Å². The van der Waals surface area contributed by atoms with E-state index in [0.717, 1.165) is 35.8 Å². The first kappa shape index (κ1) is 23.7. The number of para-hydroxylation sites is 1. The van der Waals surface area contributed by atoms with Crippen LogP contribution >= 0.6 is 0 Å². The maximum atomic E-state index is 12.7. The van der Waals surface area contributed by atoms with Gasteiger partial charge in [-0.3, -0.25) is 14.5 Å². The van der Waals surface area contributed by atoms with E-state index in [9.17, 15) is 9.59 Å². The summed E-state index contributed by atoms with van der Waals surface area (Å²) in [5.74, 6) is 0.623. The van der Waals surface area contributed by atoms with E-state index in [4.69, 9.17) is 0 Å². The third-order valence-electron chi connectivity index (χ3n) is 6.83. The van der Waals surface area contributed by atoms with Crippen molar-refractivity contribution in [3.8, 4) is 0 Å². The molecule has 0 saturated carbocycles. The monoisotopic (exact) mass is 428 g/mol. The minimum absolute atomic E-state index is 0.0163. The molecule has 0 unspecified atom stereocenters. The molecule has 2 fully saturated rings. The molecule has 2 heterocycles. The number of benzene rings is 1. The first-order valence-corrected chi connectivity index (χ1v) is 12.0. The predicted octanol–water partition coefficient (Wildman–Crippen LogP) is 3.29. The second-order valence-corrected chi connectivity index (χ2v) is 9.50. The molecule has 0 bridgehead atoms. The number of likely N-dealkylation sites (N-methyl/N-ethyl adjacent to an activating group) is 1. The van der Waals surface area contributed by atoms with Gasteiger partial charge in [0.15, 0.2) is 0 Å². The van der Waals surface area contributed by atoms with Crippen molar-refractivity contribution in [2.45, 2.75) is 52.4 Å². The van der Waals surface area contributed by atoms with E-state index in [-0.39, 0.29) is 18.4 Å². The lowest BCUT2D eigenvalue weighted by molar-refractivity contribution is -0.134. The van der Waals surface area contributed by atoms with E-state index in [1.54, 1.807) is 11.9 Å². The molecule has 2 saturated heterocycles. The van der Waals surface area contributed by atoms with Crippen LogP contribution in [-0.4, -0.2) is 79.4 Å². The van der Waals surface area contributed by atoms with Crippen LogP contribution in [-0.2, 0) is 9.59 Å². The summed E-state index contributed by atoms with van der Waals surface area (Å²) in [6.07, 6.45) is 7.79. The lowest BCUT2D eigenvalue weighted by atomic mass is 9.96. The Morgan fingerprint density at radius 1 is 0.968 bits per heavy atom. The first-order valence-electron chi connectivity index (χ1n) is 12.0. The van der Waals surface area contributed by atoms with Gasteiger partial charge in [-0.2, -0.15) is 0 Å². The van der Waals surface area contributed by atoms with Crippen molar-refractivity contribution >= 4 is 17.5 Å². The first-order chi connectivity index (χ1) is 14.9. The van der Waals surface area contributed by atoms with Gasteiger partial charge in [0.1, 0.15) is 0 Å². The standard InChI is InChI=1S/C25H40N4O2/c1-20-9-8-10-21(2)25(20)26-23(30)18-27(3)24(31)19-29-15-11-22(12-16-29)17-28-13-6-4-5-7-14-28/h8-10,22H,4-7,11-19H2,1-3H3,(H,26,30). The highest BCUT2D eigenvalue weighted by molar-refractivity contribution is 5.95. The van der Waals surface area contributed by atoms with Gasteiger partial charge in [0.2, 0.25) is 11.8 Å². The molecular weight excluding hydrogens is 388 g/mol. The van der Waals surface area contributed by atoms with Crippen molar-refractivity contribution in [2.24, 2.45) is 5.92 Å². The SMILES string of the molecule is Cc1cccc(C)c1NC(=O)CN(C)C(=O)CN1CCC(CN2CCCCCC2)CC1. The molecule has 3 rings (SSSR count). The van der Waals surface area contributed by atoms with Crippen LogP contribution in [0.3, 0.4) is 0 Å². The summed E-state index contributed by atoms with van der Waals surface area (Å²) in [6, 6.07) is 5.94. The molecule has 0 aromatic heterocycles. The van der Waals surface area contributed by atoms with Crippen molar-refractivity contribution in [1.29, 1.82) is 0 Å². The van der Waals surface area contributed by atoms with Crippen LogP contribution in [0.4, 0.5) is 5.69 Å². The van der Waals surface area contributed by atoms with Gasteiger partial charge in [-0.25, -0.2) is 0 Å². The number of nitrogens with zero attached hydrogens (tertiary/aromatic N) is 3. The third-order valence-corrected chi connectivity index (χ3v) is 6.83. The lowest BCUT2D eigenvalue weighted by Gasteiger charge is -2.34. The van der Waals surface area contributed by atoms with Crippen LogP contribution in [0.2, 0.25) is 0 Å². The summed E-state index contributed by atoms with van der Waals surface area (Å²) >= 11 is 0. The number of carbonyl (C=O) groups is 2. The molecule has 0 atom stereocenters. The lowest BCUT2D eigenvalue weighted by Crippen LogP contribution is -2.45. The summed E-state index contributed by atoms with van der Waals surface area (Å²) < 4.78 is 0. The molecule has 1 aromatic rings. The van der Waals surface area contributed by atoms with Crippen molar-refractivity contribution in [1.82, 2.24) is 14.7 Å². The van der Waals surface area contributed by atoms with Gasteiger partial charge in [0.25, 0.3) is 0 Å². The van der Waals surface area contributed by atoms with Crippen LogP contribution in [0.5, 0.6) is 0 Å². The molecule has 2 aliphatic heterocycles. The molecule has 1 N–H and O–H groups in total. The molecule has 6 heteroatoms. The number of piperidine rings is 1. The second-order valence-electron chi connectivity index (χ2n) is 9.50. The van der Waals surface area contributed by atoms with Gasteiger partial charge in [0.05, 0.1) is 13.1 Å². The number of anilines is 1. The summed E-state index contributed by atoms with van der Waals surface area (Å²) in [4.78, 5) is 31.6. The van der Waals surface area contributed by atoms with Gasteiger partial charge in [-0.1, -0.05) is 31.0 Å². The normalized spacial score (nSPS) is 19.1. The number of amides is 2. The highest BCUT2D eigenvalue weighted by Gasteiger charge is 2.24. The van der Waals surface area contributed by atoms with Crippen molar-refractivity contribution in [3.63, 3.8) is 0 Å². The van der Waals surface area contributed by atoms with E-state index < -0.39 is 0 Å². The topological polar surface area (TPSA) is 55.9 Å². The van der Waals surface area contributed by atoms with E-state index >= 15 is 0 Å². The largest absolute Gasteiger partial charge is 0.335 e. The Morgan fingerprint density at radius 3 is 2.19 bits per heavy atom. The predicted molar refractivity (Wildman–Crippen MR) is 126 cm³/mol. The number of aryl methyl sites for hydroxylation is 2. The van der Waals surface area contributed by atoms with Gasteiger partial charge >= 0.3 is 0 Å². The van der Waals surface area contributed by atoms with Crippen molar-refractivity contribution in [3.05, 3.63) is 29.3 Å². The zero-order valence-electron chi connectivity index (χ0n) is 19.7. The molecule has 6 nitrogen and oxygen atoms in total. The highest BCUT2D eigenvalue weighted by atomic mass is 16.2. The second kappa shape index (κ2) is 11.6. The molecular formula is C25H40N4O2. The Balaban J connectivity index is 1.38. The summed E-state index contributed by atoms with van der Waals surface area (Å²) in [5.41, 5.74) is 2.91. The quantitative estimate of drug-likeness (QED) is 0.724.